The minimum Gasteiger partial charge on any atom is -0.462 e. The minimum absolute atomic E-state index is 0.172. The second-order valence-electron chi connectivity index (χ2n) is 13.0. The number of ether oxygens (including phenoxy) is 3. The molecule has 1 fully saturated rings. The maximum atomic E-state index is 12.2. The van der Waals surface area contributed by atoms with Crippen LogP contribution in [0, 0.1) is 41.4 Å². The summed E-state index contributed by atoms with van der Waals surface area (Å²) in [6.45, 7) is 19.7. The van der Waals surface area contributed by atoms with Gasteiger partial charge in [0, 0.05) is 42.9 Å². The molecule has 1 saturated heterocycles. The summed E-state index contributed by atoms with van der Waals surface area (Å²) in [5.41, 5.74) is 6.30. The van der Waals surface area contributed by atoms with Crippen molar-refractivity contribution >= 4 is 18.0 Å². The van der Waals surface area contributed by atoms with E-state index >= 15 is 0 Å². The zero-order chi connectivity index (χ0) is 34.6. The lowest BCUT2D eigenvalue weighted by Gasteiger charge is -2.37. The second-order valence-corrected chi connectivity index (χ2v) is 13.0. The molecule has 5 N–H and O–H groups in total. The number of aliphatic hydroxyl groups is 3. The highest BCUT2D eigenvalue weighted by Crippen LogP contribution is 2.31. The number of rotatable bonds is 17. The predicted octanol–water partition coefficient (Wildman–Crippen LogP) is 4.87. The highest BCUT2D eigenvalue weighted by molar-refractivity contribution is 5.74. The number of hydrogen-bond acceptors (Lipinski definition) is 9. The average Bonchev–Trinajstić information content (AvgIpc) is 2.96. The predicted molar refractivity (Wildman–Crippen MR) is 174 cm³/mol. The van der Waals surface area contributed by atoms with Gasteiger partial charge in [-0.3, -0.25) is 9.59 Å². The Hall–Kier alpha value is -2.95. The molecule has 10 heteroatoms. The maximum Gasteiger partial charge on any atom is 0.404 e. The van der Waals surface area contributed by atoms with Crippen molar-refractivity contribution < 1.29 is 43.9 Å². The van der Waals surface area contributed by atoms with Crippen molar-refractivity contribution in [3.05, 3.63) is 48.6 Å². The minimum atomic E-state index is -0.896. The highest BCUT2D eigenvalue weighted by atomic mass is 16.6. The number of allylic oxidation sites excluding steroid dienone is 3. The fourth-order valence-electron chi connectivity index (χ4n) is 6.09. The number of amides is 1. The molecule has 0 saturated carbocycles. The lowest BCUT2D eigenvalue weighted by Crippen LogP contribution is -2.47. The molecule has 0 aliphatic carbocycles. The average molecular weight is 636 g/mol. The van der Waals surface area contributed by atoms with E-state index in [9.17, 15) is 29.7 Å². The van der Waals surface area contributed by atoms with Crippen LogP contribution in [0.15, 0.2) is 48.6 Å². The third kappa shape index (κ3) is 12.8. The molecule has 1 rings (SSSR count). The van der Waals surface area contributed by atoms with E-state index in [0.29, 0.717) is 6.42 Å². The quantitative estimate of drug-likeness (QED) is 0.0755. The molecule has 45 heavy (non-hydrogen) atoms. The summed E-state index contributed by atoms with van der Waals surface area (Å²) in [6, 6.07) is 0. The van der Waals surface area contributed by atoms with Gasteiger partial charge in [-0.05, 0) is 32.3 Å². The molecule has 0 unspecified atom stereocenters. The van der Waals surface area contributed by atoms with Crippen LogP contribution in [0.2, 0.25) is 0 Å². The van der Waals surface area contributed by atoms with Gasteiger partial charge >= 0.3 is 18.0 Å². The van der Waals surface area contributed by atoms with Gasteiger partial charge in [-0.2, -0.15) is 0 Å². The topological polar surface area (TPSA) is 166 Å². The third-order valence-electron chi connectivity index (χ3n) is 8.92. The molecule has 1 heterocycles. The van der Waals surface area contributed by atoms with Crippen molar-refractivity contribution in [1.29, 1.82) is 0 Å². The molecule has 1 aliphatic heterocycles. The van der Waals surface area contributed by atoms with E-state index in [1.807, 2.05) is 53.7 Å². The molecule has 0 aromatic rings. The van der Waals surface area contributed by atoms with Crippen LogP contribution in [0.5, 0.6) is 0 Å². The molecule has 10 nitrogen and oxygen atoms in total. The SMILES string of the molecule is C=C/C=C\[C@H](C)[C@@H](OC(N)=O)[C@H](C)[C@H](O)[C@@H](C)C/C(C)=C\[C@@H](C)[C@@H](O)[C@@H](C)/C=C\[C@H](C[C@H]1OC(=O)[C@@H](C)[C@H](O)[C@@H]1C)OC(C)=O. The van der Waals surface area contributed by atoms with Crippen LogP contribution in [-0.2, 0) is 23.8 Å². The van der Waals surface area contributed by atoms with E-state index < -0.39 is 66.5 Å². The van der Waals surface area contributed by atoms with Gasteiger partial charge in [0.1, 0.15) is 18.3 Å². The largest absolute Gasteiger partial charge is 0.462 e. The molecule has 1 amide bonds. The van der Waals surface area contributed by atoms with Gasteiger partial charge in [0.15, 0.2) is 0 Å². The first-order valence-corrected chi connectivity index (χ1v) is 15.9. The van der Waals surface area contributed by atoms with Gasteiger partial charge in [-0.15, -0.1) is 0 Å². The molecule has 13 atom stereocenters. The second kappa shape index (κ2) is 18.9. The van der Waals surface area contributed by atoms with Crippen molar-refractivity contribution in [1.82, 2.24) is 0 Å². The molecule has 0 radical (unpaired) electrons. The van der Waals surface area contributed by atoms with Crippen LogP contribution in [0.3, 0.4) is 0 Å². The zero-order valence-electron chi connectivity index (χ0n) is 28.5. The van der Waals surface area contributed by atoms with E-state index in [1.54, 1.807) is 38.2 Å². The van der Waals surface area contributed by atoms with Crippen molar-refractivity contribution in [3.8, 4) is 0 Å². The van der Waals surface area contributed by atoms with Crippen LogP contribution in [0.25, 0.3) is 0 Å². The first kappa shape index (κ1) is 40.1. The number of cyclic esters (lactones) is 1. The van der Waals surface area contributed by atoms with Crippen LogP contribution < -0.4 is 5.73 Å². The van der Waals surface area contributed by atoms with Gasteiger partial charge in [0.25, 0.3) is 0 Å². The molecule has 0 bridgehead atoms. The Balaban J connectivity index is 2.91. The number of esters is 2. The van der Waals surface area contributed by atoms with Crippen LogP contribution in [0.4, 0.5) is 4.79 Å². The molecule has 0 aromatic heterocycles. The normalized spacial score (nSPS) is 27.0. The fourth-order valence-corrected chi connectivity index (χ4v) is 6.09. The first-order valence-electron chi connectivity index (χ1n) is 15.9. The number of carbonyl (C=O) groups is 3. The van der Waals surface area contributed by atoms with Gasteiger partial charge in [-0.1, -0.05) is 84.1 Å². The molecule has 0 spiro atoms. The van der Waals surface area contributed by atoms with Gasteiger partial charge < -0.3 is 35.3 Å². The Morgan fingerprint density at radius 1 is 0.978 bits per heavy atom. The Morgan fingerprint density at radius 2 is 1.60 bits per heavy atom. The lowest BCUT2D eigenvalue weighted by atomic mass is 9.81. The van der Waals surface area contributed by atoms with E-state index in [2.05, 4.69) is 6.58 Å². The highest BCUT2D eigenvalue weighted by Gasteiger charge is 2.41. The Kier molecular flexibility index (Phi) is 16.8. The molecular formula is C35H57NO9. The van der Waals surface area contributed by atoms with Crippen LogP contribution in [-0.4, -0.2) is 70.0 Å². The summed E-state index contributed by atoms with van der Waals surface area (Å²) in [5, 5.41) is 32.6. The molecule has 1 aliphatic rings. The lowest BCUT2D eigenvalue weighted by molar-refractivity contribution is -0.180. The number of carbonyl (C=O) groups excluding carboxylic acids is 3. The zero-order valence-corrected chi connectivity index (χ0v) is 28.5. The summed E-state index contributed by atoms with van der Waals surface area (Å²) < 4.78 is 16.3. The van der Waals surface area contributed by atoms with Crippen molar-refractivity contribution in [3.63, 3.8) is 0 Å². The Bertz CT molecular complexity index is 1070. The summed E-state index contributed by atoms with van der Waals surface area (Å²) in [6.07, 6.45) is 6.21. The number of hydrogen-bond donors (Lipinski definition) is 4. The van der Waals surface area contributed by atoms with Gasteiger partial charge in [-0.25, -0.2) is 4.79 Å². The monoisotopic (exact) mass is 635 g/mol. The third-order valence-corrected chi connectivity index (χ3v) is 8.92. The summed E-state index contributed by atoms with van der Waals surface area (Å²) >= 11 is 0. The van der Waals surface area contributed by atoms with E-state index in [4.69, 9.17) is 19.9 Å². The fraction of sp³-hybridized carbons (Fsp3) is 0.686. The van der Waals surface area contributed by atoms with E-state index in [1.165, 1.54) is 6.92 Å². The summed E-state index contributed by atoms with van der Waals surface area (Å²) in [5.74, 6) is -3.22. The Morgan fingerprint density at radius 3 is 2.16 bits per heavy atom. The summed E-state index contributed by atoms with van der Waals surface area (Å²) in [4.78, 5) is 35.5. The number of primary amides is 1. The van der Waals surface area contributed by atoms with Crippen molar-refractivity contribution in [2.75, 3.05) is 0 Å². The van der Waals surface area contributed by atoms with Gasteiger partial charge in [0.05, 0.1) is 24.2 Å². The first-order chi connectivity index (χ1) is 20.9. The van der Waals surface area contributed by atoms with Crippen molar-refractivity contribution in [2.24, 2.45) is 47.2 Å². The Labute approximate surface area is 269 Å². The molecule has 256 valence electrons. The maximum absolute atomic E-state index is 12.2. The van der Waals surface area contributed by atoms with E-state index in [-0.39, 0.29) is 36.0 Å². The van der Waals surface area contributed by atoms with Gasteiger partial charge in [0.2, 0.25) is 0 Å². The molecule has 0 aromatic carbocycles. The smallest absolute Gasteiger partial charge is 0.404 e. The number of nitrogens with two attached hydrogens (primary N) is 1. The van der Waals surface area contributed by atoms with Crippen LogP contribution >= 0.6 is 0 Å². The molecular weight excluding hydrogens is 578 g/mol. The summed E-state index contributed by atoms with van der Waals surface area (Å²) in [7, 11) is 0. The van der Waals surface area contributed by atoms with Crippen LogP contribution in [0.1, 0.15) is 75.2 Å². The van der Waals surface area contributed by atoms with Crippen molar-refractivity contribution in [2.45, 2.75) is 112 Å². The number of aliphatic hydroxyl groups excluding tert-OH is 3. The van der Waals surface area contributed by atoms with E-state index in [0.717, 1.165) is 5.57 Å². The standard InChI is InChI=1S/C35H57NO9/c1-11-12-13-21(4)33(45-35(36)42)25(8)31(39)23(6)17-19(2)16-22(5)30(38)20(3)14-15-28(43-27(10)37)18-29-24(7)32(40)26(9)34(41)44-29/h11-16,20-26,28-33,38-40H,1,17-18H2,2-10H3,(H2,36,42)/b13-12-,15-14-,19-16-/t20-,21-,22+,23-,24+,25+,26-,28+,29+,30-,31+,32+,33+/m0/s1.